The van der Waals surface area contributed by atoms with Gasteiger partial charge in [-0.3, -0.25) is 14.8 Å². The van der Waals surface area contributed by atoms with Crippen LogP contribution in [0.5, 0.6) is 0 Å². The standard InChI is InChI=1S/C17H27BrN4OS/c1-12(2)14-13(18)15(21-20-14)16(23)19-11-17(5-3-4-6-17)22-7-9-24-10-8-22/h12H,3-11H2,1-2H3,(H,19,23)(H,20,21). The molecule has 7 heteroatoms. The molecule has 2 heterocycles. The predicted octanol–water partition coefficient (Wildman–Crippen LogP) is 3.39. The number of thioether (sulfide) groups is 1. The summed E-state index contributed by atoms with van der Waals surface area (Å²) >= 11 is 5.56. The third kappa shape index (κ3) is 3.68. The highest BCUT2D eigenvalue weighted by Crippen LogP contribution is 2.36. The van der Waals surface area contributed by atoms with Gasteiger partial charge in [0.15, 0.2) is 5.69 Å². The second kappa shape index (κ2) is 7.79. The highest BCUT2D eigenvalue weighted by Gasteiger charge is 2.40. The van der Waals surface area contributed by atoms with Gasteiger partial charge < -0.3 is 5.32 Å². The fourth-order valence-corrected chi connectivity index (χ4v) is 5.60. The van der Waals surface area contributed by atoms with Crippen LogP contribution in [0.15, 0.2) is 4.47 Å². The summed E-state index contributed by atoms with van der Waals surface area (Å²) in [6.45, 7) is 7.19. The van der Waals surface area contributed by atoms with Gasteiger partial charge in [0.1, 0.15) is 0 Å². The SMILES string of the molecule is CC(C)c1[nH]nc(C(=O)NCC2(N3CCSCC3)CCCC2)c1Br. The molecule has 2 fully saturated rings. The fraction of sp³-hybridized carbons (Fsp3) is 0.765. The average Bonchev–Trinajstić information content (AvgIpc) is 3.21. The van der Waals surface area contributed by atoms with Crippen molar-refractivity contribution in [3.8, 4) is 0 Å². The molecule has 5 nitrogen and oxygen atoms in total. The van der Waals surface area contributed by atoms with E-state index in [4.69, 9.17) is 0 Å². The first-order chi connectivity index (χ1) is 11.5. The van der Waals surface area contributed by atoms with Crippen LogP contribution >= 0.6 is 27.7 Å². The molecule has 0 spiro atoms. The van der Waals surface area contributed by atoms with Crippen molar-refractivity contribution in [2.45, 2.75) is 51.0 Å². The van der Waals surface area contributed by atoms with Crippen molar-refractivity contribution in [1.82, 2.24) is 20.4 Å². The molecule has 2 aliphatic rings. The summed E-state index contributed by atoms with van der Waals surface area (Å²) < 4.78 is 0.796. The molecule has 0 bridgehead atoms. The normalized spacial score (nSPS) is 21.3. The van der Waals surface area contributed by atoms with Crippen molar-refractivity contribution in [3.63, 3.8) is 0 Å². The molecule has 1 saturated heterocycles. The van der Waals surface area contributed by atoms with E-state index < -0.39 is 0 Å². The molecule has 1 aliphatic heterocycles. The van der Waals surface area contributed by atoms with Gasteiger partial charge in [0.25, 0.3) is 5.91 Å². The van der Waals surface area contributed by atoms with Crippen molar-refractivity contribution < 1.29 is 4.79 Å². The van der Waals surface area contributed by atoms with E-state index in [0.29, 0.717) is 11.6 Å². The quantitative estimate of drug-likeness (QED) is 0.774. The van der Waals surface area contributed by atoms with Gasteiger partial charge in [-0.25, -0.2) is 0 Å². The molecular weight excluding hydrogens is 388 g/mol. The lowest BCUT2D eigenvalue weighted by atomic mass is 9.94. The Balaban J connectivity index is 1.67. The van der Waals surface area contributed by atoms with E-state index in [9.17, 15) is 4.79 Å². The van der Waals surface area contributed by atoms with Gasteiger partial charge in [-0.2, -0.15) is 16.9 Å². The van der Waals surface area contributed by atoms with Crippen LogP contribution in [0.3, 0.4) is 0 Å². The fourth-order valence-electron chi connectivity index (χ4n) is 3.88. The Labute approximate surface area is 156 Å². The molecule has 1 aromatic rings. The van der Waals surface area contributed by atoms with Gasteiger partial charge in [0.05, 0.1) is 10.2 Å². The second-order valence-electron chi connectivity index (χ2n) is 7.17. The van der Waals surface area contributed by atoms with Crippen molar-refractivity contribution in [2.24, 2.45) is 0 Å². The number of nitrogens with zero attached hydrogens (tertiary/aromatic N) is 2. The van der Waals surface area contributed by atoms with E-state index in [2.05, 4.69) is 50.2 Å². The molecule has 0 radical (unpaired) electrons. The largest absolute Gasteiger partial charge is 0.349 e. The van der Waals surface area contributed by atoms with Gasteiger partial charge in [-0.05, 0) is 34.7 Å². The molecular formula is C17H27BrN4OS. The third-order valence-electron chi connectivity index (χ3n) is 5.32. The average molecular weight is 415 g/mol. The maximum Gasteiger partial charge on any atom is 0.273 e. The Morgan fingerprint density at radius 3 is 2.62 bits per heavy atom. The Kier molecular flexibility index (Phi) is 5.93. The number of halogens is 1. The number of amides is 1. The zero-order valence-electron chi connectivity index (χ0n) is 14.5. The lowest BCUT2D eigenvalue weighted by Crippen LogP contribution is -2.56. The summed E-state index contributed by atoms with van der Waals surface area (Å²) in [5, 5.41) is 10.4. The highest BCUT2D eigenvalue weighted by atomic mass is 79.9. The number of nitrogens with one attached hydrogen (secondary N) is 2. The van der Waals surface area contributed by atoms with E-state index >= 15 is 0 Å². The number of hydrogen-bond acceptors (Lipinski definition) is 4. The smallest absolute Gasteiger partial charge is 0.273 e. The van der Waals surface area contributed by atoms with Crippen LogP contribution in [0.4, 0.5) is 0 Å². The molecule has 2 N–H and O–H groups in total. The molecule has 134 valence electrons. The van der Waals surface area contributed by atoms with Crippen LogP contribution < -0.4 is 5.32 Å². The van der Waals surface area contributed by atoms with Gasteiger partial charge >= 0.3 is 0 Å². The van der Waals surface area contributed by atoms with Crippen molar-refractivity contribution in [1.29, 1.82) is 0 Å². The Hall–Kier alpha value is -0.530. The van der Waals surface area contributed by atoms with Crippen LogP contribution in [0.2, 0.25) is 0 Å². The first kappa shape index (κ1) is 18.3. The van der Waals surface area contributed by atoms with Gasteiger partial charge in [0.2, 0.25) is 0 Å². The molecule has 1 aromatic heterocycles. The predicted molar refractivity (Wildman–Crippen MR) is 103 cm³/mol. The van der Waals surface area contributed by atoms with E-state index in [1.165, 1.54) is 37.2 Å². The molecule has 3 rings (SSSR count). The number of carbonyl (C=O) groups is 1. The minimum Gasteiger partial charge on any atom is -0.349 e. The van der Waals surface area contributed by atoms with Crippen LogP contribution in [-0.2, 0) is 0 Å². The summed E-state index contributed by atoms with van der Waals surface area (Å²) in [7, 11) is 0. The number of carbonyl (C=O) groups excluding carboxylic acids is 1. The minimum absolute atomic E-state index is 0.0808. The molecule has 1 amide bonds. The van der Waals surface area contributed by atoms with Gasteiger partial charge in [0, 0.05) is 36.7 Å². The number of rotatable bonds is 5. The summed E-state index contributed by atoms with van der Waals surface area (Å²) in [6, 6.07) is 0. The first-order valence-electron chi connectivity index (χ1n) is 8.88. The monoisotopic (exact) mass is 414 g/mol. The number of aromatic nitrogens is 2. The van der Waals surface area contributed by atoms with Crippen molar-refractivity contribution in [2.75, 3.05) is 31.1 Å². The van der Waals surface area contributed by atoms with Crippen LogP contribution in [0.1, 0.15) is 61.6 Å². The molecule has 24 heavy (non-hydrogen) atoms. The maximum atomic E-state index is 12.6. The van der Waals surface area contributed by atoms with E-state index in [1.807, 2.05) is 11.8 Å². The lowest BCUT2D eigenvalue weighted by molar-refractivity contribution is 0.0813. The molecule has 1 aliphatic carbocycles. The molecule has 0 atom stereocenters. The topological polar surface area (TPSA) is 61.0 Å². The Morgan fingerprint density at radius 2 is 2.04 bits per heavy atom. The molecule has 1 saturated carbocycles. The van der Waals surface area contributed by atoms with Crippen molar-refractivity contribution >= 4 is 33.6 Å². The number of hydrogen-bond donors (Lipinski definition) is 2. The summed E-state index contributed by atoms with van der Waals surface area (Å²) in [6.07, 6.45) is 4.92. The van der Waals surface area contributed by atoms with Crippen LogP contribution in [0.25, 0.3) is 0 Å². The third-order valence-corrected chi connectivity index (χ3v) is 7.06. The first-order valence-corrected chi connectivity index (χ1v) is 10.8. The van der Waals surface area contributed by atoms with Crippen molar-refractivity contribution in [3.05, 3.63) is 15.9 Å². The van der Waals surface area contributed by atoms with Crippen LogP contribution in [0, 0.1) is 0 Å². The Bertz CT molecular complexity index is 577. The lowest BCUT2D eigenvalue weighted by Gasteiger charge is -2.43. The summed E-state index contributed by atoms with van der Waals surface area (Å²) in [5.41, 5.74) is 1.60. The van der Waals surface area contributed by atoms with Crippen LogP contribution in [-0.4, -0.2) is 57.7 Å². The maximum absolute atomic E-state index is 12.6. The number of aromatic amines is 1. The summed E-state index contributed by atoms with van der Waals surface area (Å²) in [4.78, 5) is 15.3. The molecule has 0 aromatic carbocycles. The second-order valence-corrected chi connectivity index (χ2v) is 9.19. The highest BCUT2D eigenvalue weighted by molar-refractivity contribution is 9.10. The summed E-state index contributed by atoms with van der Waals surface area (Å²) in [5.74, 6) is 2.64. The van der Waals surface area contributed by atoms with Gasteiger partial charge in [-0.15, -0.1) is 0 Å². The molecule has 0 unspecified atom stereocenters. The van der Waals surface area contributed by atoms with E-state index in [1.54, 1.807) is 0 Å². The Morgan fingerprint density at radius 1 is 1.38 bits per heavy atom. The zero-order valence-corrected chi connectivity index (χ0v) is 16.9. The van der Waals surface area contributed by atoms with E-state index in [-0.39, 0.29) is 11.4 Å². The zero-order chi connectivity index (χ0) is 17.2. The van der Waals surface area contributed by atoms with E-state index in [0.717, 1.165) is 29.8 Å². The minimum atomic E-state index is -0.0808. The number of H-pyrrole nitrogens is 1. The van der Waals surface area contributed by atoms with Gasteiger partial charge in [-0.1, -0.05) is 26.7 Å².